The molecule has 31 heavy (non-hydrogen) atoms. The Kier molecular flexibility index (Phi) is 6.72. The minimum Gasteiger partial charge on any atom is -0.276 e. The van der Waals surface area contributed by atoms with E-state index in [0.29, 0.717) is 4.31 Å². The molecular weight excluding hydrogens is 472 g/mol. The fourth-order valence-electron chi connectivity index (χ4n) is 3.11. The number of sulfonamides is 2. The van der Waals surface area contributed by atoms with Crippen molar-refractivity contribution in [3.8, 4) is 0 Å². The minimum absolute atomic E-state index is 0.0868. The molecule has 1 fully saturated rings. The van der Waals surface area contributed by atoms with Crippen LogP contribution in [0.3, 0.4) is 0 Å². The number of thiol groups is 1. The first-order valence-electron chi connectivity index (χ1n) is 8.96. The van der Waals surface area contributed by atoms with Crippen LogP contribution in [-0.2, 0) is 24.8 Å². The molecule has 2 atom stereocenters. The molecule has 0 unspecified atom stereocenters. The number of hydrogen-bond acceptors (Lipinski definition) is 6. The highest BCUT2D eigenvalue weighted by molar-refractivity contribution is 7.89. The third kappa shape index (κ3) is 4.90. The molecule has 8 nitrogen and oxygen atoms in total. The highest BCUT2D eigenvalue weighted by atomic mass is 32.2. The van der Waals surface area contributed by atoms with Crippen molar-refractivity contribution >= 4 is 38.6 Å². The van der Waals surface area contributed by atoms with Crippen LogP contribution in [0.1, 0.15) is 12.0 Å². The molecular formula is C18H19F2N3O5S3. The Hall–Kier alpha value is -2.06. The first kappa shape index (κ1) is 23.6. The number of carbonyl (C=O) groups is 1. The van der Waals surface area contributed by atoms with Crippen molar-refractivity contribution in [2.75, 3.05) is 6.54 Å². The Morgan fingerprint density at radius 2 is 1.65 bits per heavy atom. The number of carbonyl (C=O) groups excluding carboxylic acids is 1. The smallest absolute Gasteiger partial charge is 0.257 e. The zero-order valence-corrected chi connectivity index (χ0v) is 18.6. The van der Waals surface area contributed by atoms with Crippen LogP contribution < -0.4 is 10.3 Å². The minimum atomic E-state index is -4.74. The van der Waals surface area contributed by atoms with Gasteiger partial charge in [0.05, 0.1) is 4.90 Å². The maximum Gasteiger partial charge on any atom is 0.257 e. The second-order valence-electron chi connectivity index (χ2n) is 6.94. The highest BCUT2D eigenvalue weighted by Crippen LogP contribution is 2.31. The van der Waals surface area contributed by atoms with Gasteiger partial charge in [-0.2, -0.15) is 16.9 Å². The van der Waals surface area contributed by atoms with Crippen LogP contribution in [0.15, 0.2) is 52.3 Å². The van der Waals surface area contributed by atoms with Gasteiger partial charge in [0.2, 0.25) is 10.0 Å². The second-order valence-corrected chi connectivity index (χ2v) is 11.2. The summed E-state index contributed by atoms with van der Waals surface area (Å²) < 4.78 is 79.2. The van der Waals surface area contributed by atoms with Gasteiger partial charge < -0.3 is 0 Å². The zero-order chi connectivity index (χ0) is 23.0. The van der Waals surface area contributed by atoms with Gasteiger partial charge in [-0.25, -0.2) is 25.6 Å². The van der Waals surface area contributed by atoms with E-state index in [0.717, 1.165) is 23.8 Å². The SMILES string of the molecule is Cc1ccc(S(=O)(=O)NNC(=O)[C@@H]2C[C@@H](S)CN2S(=O)(=O)c2c(F)cccc2F)cc1. The van der Waals surface area contributed by atoms with Crippen molar-refractivity contribution in [3.05, 3.63) is 59.7 Å². The molecule has 2 N–H and O–H groups in total. The Balaban J connectivity index is 1.82. The lowest BCUT2D eigenvalue weighted by atomic mass is 10.2. The summed E-state index contributed by atoms with van der Waals surface area (Å²) in [5, 5.41) is -0.603. The Bertz CT molecular complexity index is 1180. The van der Waals surface area contributed by atoms with Gasteiger partial charge in [-0.05, 0) is 37.6 Å². The van der Waals surface area contributed by atoms with E-state index < -0.39 is 53.8 Å². The molecule has 0 bridgehead atoms. The summed E-state index contributed by atoms with van der Waals surface area (Å²) in [5.74, 6) is -3.61. The standard InChI is InChI=1S/C18H19F2N3O5S3/c1-11-5-7-13(8-6-11)30(25,26)22-21-18(24)16-9-12(29)10-23(16)31(27,28)17-14(19)3-2-4-15(17)20/h2-8,12,16,22,29H,9-10H2,1H3,(H,21,24)/t12-,16+/m1/s1. The molecule has 1 aliphatic rings. The van der Waals surface area contributed by atoms with Crippen molar-refractivity contribution in [1.82, 2.24) is 14.6 Å². The van der Waals surface area contributed by atoms with E-state index in [-0.39, 0.29) is 17.9 Å². The van der Waals surface area contributed by atoms with Gasteiger partial charge in [-0.15, -0.1) is 4.83 Å². The molecule has 1 aliphatic heterocycles. The van der Waals surface area contributed by atoms with E-state index in [9.17, 15) is 30.4 Å². The van der Waals surface area contributed by atoms with Gasteiger partial charge in [0.1, 0.15) is 17.7 Å². The van der Waals surface area contributed by atoms with Crippen molar-refractivity contribution in [3.63, 3.8) is 0 Å². The fraction of sp³-hybridized carbons (Fsp3) is 0.278. The van der Waals surface area contributed by atoms with Crippen molar-refractivity contribution < 1.29 is 30.4 Å². The predicted molar refractivity (Wildman–Crippen MR) is 111 cm³/mol. The van der Waals surface area contributed by atoms with E-state index in [1.165, 1.54) is 12.1 Å². The number of hydrazine groups is 1. The average molecular weight is 492 g/mol. The normalized spacial score (nSPS) is 20.0. The number of amides is 1. The van der Waals surface area contributed by atoms with E-state index in [2.05, 4.69) is 12.6 Å². The lowest BCUT2D eigenvalue weighted by Gasteiger charge is -2.23. The number of nitrogens with one attached hydrogen (secondary N) is 2. The molecule has 2 aromatic rings. The van der Waals surface area contributed by atoms with E-state index in [4.69, 9.17) is 0 Å². The monoisotopic (exact) mass is 491 g/mol. The molecule has 168 valence electrons. The van der Waals surface area contributed by atoms with Crippen LogP contribution in [0.5, 0.6) is 0 Å². The Morgan fingerprint density at radius 3 is 2.23 bits per heavy atom. The maximum absolute atomic E-state index is 14.1. The summed E-state index contributed by atoms with van der Waals surface area (Å²) >= 11 is 4.18. The lowest BCUT2D eigenvalue weighted by Crippen LogP contribution is -2.51. The third-order valence-corrected chi connectivity index (χ3v) is 8.23. The van der Waals surface area contributed by atoms with E-state index in [1.807, 2.05) is 10.3 Å². The molecule has 1 heterocycles. The van der Waals surface area contributed by atoms with Crippen molar-refractivity contribution in [2.24, 2.45) is 0 Å². The highest BCUT2D eigenvalue weighted by Gasteiger charge is 2.45. The molecule has 0 aliphatic carbocycles. The number of rotatable bonds is 6. The number of nitrogens with zero attached hydrogens (tertiary/aromatic N) is 1. The lowest BCUT2D eigenvalue weighted by molar-refractivity contribution is -0.124. The van der Waals surface area contributed by atoms with Gasteiger partial charge in [0, 0.05) is 11.8 Å². The fourth-order valence-corrected chi connectivity index (χ4v) is 6.20. The number of halogens is 2. The zero-order valence-electron chi connectivity index (χ0n) is 16.1. The first-order valence-corrected chi connectivity index (χ1v) is 12.4. The van der Waals surface area contributed by atoms with Gasteiger partial charge in [-0.1, -0.05) is 23.8 Å². The Labute approximate surface area is 184 Å². The molecule has 0 aromatic heterocycles. The van der Waals surface area contributed by atoms with Crippen molar-refractivity contribution in [2.45, 2.75) is 34.4 Å². The topological polar surface area (TPSA) is 113 Å². The van der Waals surface area contributed by atoms with Crippen LogP contribution >= 0.6 is 12.6 Å². The second kappa shape index (κ2) is 8.82. The van der Waals surface area contributed by atoms with Crippen LogP contribution in [-0.4, -0.2) is 44.9 Å². The van der Waals surface area contributed by atoms with Crippen LogP contribution in [0.25, 0.3) is 0 Å². The maximum atomic E-state index is 14.1. The van der Waals surface area contributed by atoms with E-state index in [1.54, 1.807) is 19.1 Å². The third-order valence-electron chi connectivity index (χ3n) is 4.66. The summed E-state index contributed by atoms with van der Waals surface area (Å²) in [6, 6.07) is 6.96. The molecule has 0 spiro atoms. The van der Waals surface area contributed by atoms with Crippen LogP contribution in [0.2, 0.25) is 0 Å². The van der Waals surface area contributed by atoms with E-state index >= 15 is 0 Å². The van der Waals surface area contributed by atoms with Gasteiger partial charge in [0.25, 0.3) is 15.9 Å². The Morgan fingerprint density at radius 1 is 1.06 bits per heavy atom. The summed E-state index contributed by atoms with van der Waals surface area (Å²) in [5.41, 5.74) is 2.81. The largest absolute Gasteiger partial charge is 0.276 e. The molecule has 1 saturated heterocycles. The van der Waals surface area contributed by atoms with Crippen molar-refractivity contribution in [1.29, 1.82) is 0 Å². The predicted octanol–water partition coefficient (Wildman–Crippen LogP) is 1.34. The number of hydrogen-bond donors (Lipinski definition) is 3. The molecule has 0 saturated carbocycles. The summed E-state index contributed by atoms with van der Waals surface area (Å²) in [4.78, 5) is 13.2. The van der Waals surface area contributed by atoms with Gasteiger partial charge >= 0.3 is 0 Å². The molecule has 1 amide bonds. The van der Waals surface area contributed by atoms with Gasteiger partial charge in [0.15, 0.2) is 4.90 Å². The van der Waals surface area contributed by atoms with Crippen LogP contribution in [0, 0.1) is 18.6 Å². The average Bonchev–Trinajstić information content (AvgIpc) is 3.09. The molecule has 2 aromatic carbocycles. The number of benzene rings is 2. The molecule has 13 heteroatoms. The summed E-state index contributed by atoms with van der Waals surface area (Å²) in [6.45, 7) is 1.48. The number of aryl methyl sites for hydroxylation is 1. The van der Waals surface area contributed by atoms with Crippen LogP contribution in [0.4, 0.5) is 8.78 Å². The van der Waals surface area contributed by atoms with Gasteiger partial charge in [-0.3, -0.25) is 10.2 Å². The molecule has 3 rings (SSSR count). The molecule has 0 radical (unpaired) electrons. The quantitative estimate of drug-likeness (QED) is 0.417. The first-order chi connectivity index (χ1) is 14.4. The summed E-state index contributed by atoms with van der Waals surface area (Å²) in [6.07, 6.45) is -0.0868. The summed E-state index contributed by atoms with van der Waals surface area (Å²) in [7, 11) is -8.86.